The summed E-state index contributed by atoms with van der Waals surface area (Å²) in [5.41, 5.74) is 2.49. The van der Waals surface area contributed by atoms with E-state index >= 15 is 0 Å². The number of carbonyl (C=O) groups excluding carboxylic acids is 1. The molecule has 0 unspecified atom stereocenters. The lowest BCUT2D eigenvalue weighted by molar-refractivity contribution is -0.138. The largest absolute Gasteiger partial charge is 0.462 e. The third-order valence-corrected chi connectivity index (χ3v) is 4.55. The summed E-state index contributed by atoms with van der Waals surface area (Å²) >= 11 is 0. The zero-order chi connectivity index (χ0) is 18.9. The first kappa shape index (κ1) is 21.2. The number of nitrogens with zero attached hydrogens (tertiary/aromatic N) is 1. The molecule has 0 aliphatic carbocycles. The number of nitrogens with one attached hydrogen (secondary N) is 1. The molecule has 1 aliphatic rings. The summed E-state index contributed by atoms with van der Waals surface area (Å²) < 4.78 is 4.55. The van der Waals surface area contributed by atoms with Gasteiger partial charge < -0.3 is 10.1 Å². The van der Waals surface area contributed by atoms with E-state index in [-0.39, 0.29) is 11.0 Å². The Morgan fingerprint density at radius 1 is 1.32 bits per heavy atom. The van der Waals surface area contributed by atoms with Gasteiger partial charge in [-0.3, -0.25) is 4.79 Å². The van der Waals surface area contributed by atoms with Crippen molar-refractivity contribution < 1.29 is 9.53 Å². The zero-order valence-electron chi connectivity index (χ0n) is 16.3. The average molecular weight is 344 g/mol. The summed E-state index contributed by atoms with van der Waals surface area (Å²) in [4.78, 5) is 9.60. The van der Waals surface area contributed by atoms with Gasteiger partial charge in [-0.05, 0) is 63.7 Å². The van der Waals surface area contributed by atoms with E-state index in [0.717, 1.165) is 25.9 Å². The van der Waals surface area contributed by atoms with Crippen LogP contribution in [0.1, 0.15) is 70.9 Å². The lowest BCUT2D eigenvalue weighted by atomic mass is 9.70. The van der Waals surface area contributed by atoms with E-state index in [9.17, 15) is 4.79 Å². The van der Waals surface area contributed by atoms with Gasteiger partial charge in [0.2, 0.25) is 0 Å². The first-order valence-electron chi connectivity index (χ1n) is 9.04. The van der Waals surface area contributed by atoms with E-state index in [1.54, 1.807) is 0 Å². The van der Waals surface area contributed by atoms with E-state index in [1.165, 1.54) is 11.1 Å². The van der Waals surface area contributed by atoms with Gasteiger partial charge in [-0.25, -0.2) is 0 Å². The molecule has 25 heavy (non-hydrogen) atoms. The second-order valence-corrected chi connectivity index (χ2v) is 7.97. The fourth-order valence-electron chi connectivity index (χ4n) is 3.00. The predicted octanol–water partition coefficient (Wildman–Crippen LogP) is 4.30. The molecule has 0 amide bonds. The summed E-state index contributed by atoms with van der Waals surface area (Å²) in [5, 5.41) is 12.5. The van der Waals surface area contributed by atoms with Crippen LogP contribution in [0.4, 0.5) is 0 Å². The van der Waals surface area contributed by atoms with E-state index in [0.29, 0.717) is 18.8 Å². The molecule has 1 N–H and O–H groups in total. The van der Waals surface area contributed by atoms with Crippen molar-refractivity contribution in [3.63, 3.8) is 0 Å². The minimum absolute atomic E-state index is 0.0743. The van der Waals surface area contributed by atoms with Crippen LogP contribution in [0, 0.1) is 11.3 Å². The predicted molar refractivity (Wildman–Crippen MR) is 101 cm³/mol. The molecule has 138 valence electrons. The van der Waals surface area contributed by atoms with Crippen LogP contribution < -0.4 is 5.32 Å². The molecule has 1 aromatic rings. The fraction of sp³-hybridized carbons (Fsp3) is 0.619. The Hall–Kier alpha value is -1.86. The van der Waals surface area contributed by atoms with Crippen molar-refractivity contribution in [2.24, 2.45) is 0 Å². The zero-order valence-corrected chi connectivity index (χ0v) is 16.3. The number of hydrogen-bond acceptors (Lipinski definition) is 4. The molecule has 1 aliphatic heterocycles. The summed E-state index contributed by atoms with van der Waals surface area (Å²) in [7, 11) is 0. The molecule has 0 bridgehead atoms. The number of carbonyl (C=O) groups is 1. The molecule has 4 nitrogen and oxygen atoms in total. The first-order valence-corrected chi connectivity index (χ1v) is 9.04. The molecule has 1 saturated heterocycles. The van der Waals surface area contributed by atoms with Crippen molar-refractivity contribution in [2.45, 2.75) is 70.8 Å². The maximum absolute atomic E-state index is 9.60. The normalized spacial score (nSPS) is 16.4. The van der Waals surface area contributed by atoms with Crippen molar-refractivity contribution in [1.82, 2.24) is 5.32 Å². The Balaban J connectivity index is 0.000000381. The van der Waals surface area contributed by atoms with E-state index < -0.39 is 0 Å². The second kappa shape index (κ2) is 9.58. The number of piperidine rings is 1. The molecule has 4 heteroatoms. The lowest BCUT2D eigenvalue weighted by Gasteiger charge is -2.36. The molecular weight excluding hydrogens is 312 g/mol. The number of rotatable bonds is 4. The molecule has 0 radical (unpaired) electrons. The molecule has 0 atom stereocenters. The summed E-state index contributed by atoms with van der Waals surface area (Å²) in [5.74, 6) is 0.547. The van der Waals surface area contributed by atoms with Gasteiger partial charge in [-0.2, -0.15) is 5.26 Å². The molecule has 1 heterocycles. The van der Waals surface area contributed by atoms with E-state index in [1.807, 2.05) is 20.8 Å². The molecular formula is C21H32N2O2. The highest BCUT2D eigenvalue weighted by atomic mass is 16.5. The van der Waals surface area contributed by atoms with Crippen LogP contribution in [0.25, 0.3) is 0 Å². The van der Waals surface area contributed by atoms with Crippen LogP contribution in [0.5, 0.6) is 0 Å². The molecule has 0 saturated carbocycles. The Morgan fingerprint density at radius 3 is 2.40 bits per heavy atom. The van der Waals surface area contributed by atoms with Crippen LogP contribution in [0.2, 0.25) is 0 Å². The van der Waals surface area contributed by atoms with Crippen molar-refractivity contribution >= 4 is 6.47 Å². The maximum atomic E-state index is 9.60. The molecule has 1 aromatic carbocycles. The minimum Gasteiger partial charge on any atom is -0.462 e. The van der Waals surface area contributed by atoms with Crippen LogP contribution in [-0.4, -0.2) is 25.2 Å². The highest BCUT2D eigenvalue weighted by molar-refractivity contribution is 5.37. The Bertz CT molecular complexity index is 576. The minimum atomic E-state index is -0.318. The summed E-state index contributed by atoms with van der Waals surface area (Å²) in [6, 6.07) is 11.2. The van der Waals surface area contributed by atoms with Gasteiger partial charge in [0, 0.05) is 11.8 Å². The van der Waals surface area contributed by atoms with Gasteiger partial charge in [0.05, 0.1) is 6.07 Å². The second-order valence-electron chi connectivity index (χ2n) is 7.97. The van der Waals surface area contributed by atoms with Crippen LogP contribution in [0.3, 0.4) is 0 Å². The Kier molecular flexibility index (Phi) is 8.12. The fourth-order valence-corrected chi connectivity index (χ4v) is 3.00. The number of ether oxygens (including phenoxy) is 1. The standard InChI is InChI=1S/C16H22N2.C5H10O2/c1-13(2)14-4-3-5-15(12-14)16(6-9-17)7-10-18-11-8-16;1-5(2,3)7-4-6/h3-5,12-13,18H,6-8,10-11H2,1-2H3;4H,1-3H3. The SMILES string of the molecule is CC(C)(C)OC=O.CC(C)c1cccc(C2(CC#N)CCNCC2)c1. The highest BCUT2D eigenvalue weighted by Crippen LogP contribution is 2.37. The van der Waals surface area contributed by atoms with Crippen molar-refractivity contribution in [3.05, 3.63) is 35.4 Å². The summed E-state index contributed by atoms with van der Waals surface area (Å²) in [6.07, 6.45) is 2.78. The molecule has 1 fully saturated rings. The van der Waals surface area contributed by atoms with Gasteiger partial charge >= 0.3 is 0 Å². The van der Waals surface area contributed by atoms with E-state index in [4.69, 9.17) is 5.26 Å². The molecule has 0 spiro atoms. The first-order chi connectivity index (χ1) is 11.7. The number of benzene rings is 1. The van der Waals surface area contributed by atoms with Gasteiger partial charge in [0.1, 0.15) is 5.60 Å². The van der Waals surface area contributed by atoms with Crippen LogP contribution in [-0.2, 0) is 14.9 Å². The smallest absolute Gasteiger partial charge is 0.293 e. The van der Waals surface area contributed by atoms with Gasteiger partial charge in [0.15, 0.2) is 0 Å². The number of hydrogen-bond donors (Lipinski definition) is 1. The van der Waals surface area contributed by atoms with Crippen molar-refractivity contribution in [2.75, 3.05) is 13.1 Å². The topological polar surface area (TPSA) is 62.1 Å². The van der Waals surface area contributed by atoms with Gasteiger partial charge in [-0.15, -0.1) is 0 Å². The maximum Gasteiger partial charge on any atom is 0.293 e. The lowest BCUT2D eigenvalue weighted by Crippen LogP contribution is -2.39. The van der Waals surface area contributed by atoms with Gasteiger partial charge in [0.25, 0.3) is 6.47 Å². The van der Waals surface area contributed by atoms with E-state index in [2.05, 4.69) is 54.2 Å². The van der Waals surface area contributed by atoms with Crippen molar-refractivity contribution in [1.29, 1.82) is 5.26 Å². The quantitative estimate of drug-likeness (QED) is 0.827. The third-order valence-electron chi connectivity index (χ3n) is 4.55. The highest BCUT2D eigenvalue weighted by Gasteiger charge is 2.33. The monoisotopic (exact) mass is 344 g/mol. The molecule has 2 rings (SSSR count). The van der Waals surface area contributed by atoms with Crippen LogP contribution >= 0.6 is 0 Å². The summed E-state index contributed by atoms with van der Waals surface area (Å²) in [6.45, 7) is 12.4. The Labute approximate surface area is 152 Å². The molecule has 0 aromatic heterocycles. The average Bonchev–Trinajstić information content (AvgIpc) is 2.55. The van der Waals surface area contributed by atoms with Crippen LogP contribution in [0.15, 0.2) is 24.3 Å². The van der Waals surface area contributed by atoms with Crippen molar-refractivity contribution in [3.8, 4) is 6.07 Å². The number of nitriles is 1. The Morgan fingerprint density at radius 2 is 1.96 bits per heavy atom. The van der Waals surface area contributed by atoms with Gasteiger partial charge in [-0.1, -0.05) is 38.1 Å². The third kappa shape index (κ3) is 6.88.